The first-order chi connectivity index (χ1) is 13.0. The Labute approximate surface area is 171 Å². The van der Waals surface area contributed by atoms with Gasteiger partial charge in [0, 0.05) is 22.6 Å². The number of amides is 1. The molecular formula is C17H13BrN4O3S2. The molecule has 0 aliphatic carbocycles. The van der Waals surface area contributed by atoms with E-state index in [0.717, 1.165) is 14.4 Å². The predicted molar refractivity (Wildman–Crippen MR) is 107 cm³/mol. The van der Waals surface area contributed by atoms with Crippen LogP contribution in [-0.4, -0.2) is 34.2 Å². The number of nitrogens with zero attached hydrogens (tertiary/aromatic N) is 3. The van der Waals surface area contributed by atoms with Gasteiger partial charge in [-0.25, -0.2) is 4.79 Å². The molecule has 27 heavy (non-hydrogen) atoms. The highest BCUT2D eigenvalue weighted by molar-refractivity contribution is 9.10. The number of benzene rings is 1. The lowest BCUT2D eigenvalue weighted by molar-refractivity contribution is 0.0600. The number of esters is 1. The maximum Gasteiger partial charge on any atom is 0.337 e. The number of thioether (sulfide) groups is 1. The number of nitrogens with one attached hydrogen (secondary N) is 1. The average molecular weight is 465 g/mol. The van der Waals surface area contributed by atoms with Crippen molar-refractivity contribution in [3.8, 4) is 0 Å². The number of carbonyl (C=O) groups excluding carboxylic acids is 2. The Morgan fingerprint density at radius 1 is 1.19 bits per heavy atom. The molecule has 3 rings (SSSR count). The fourth-order valence-corrected chi connectivity index (χ4v) is 4.09. The lowest BCUT2D eigenvalue weighted by Crippen LogP contribution is -2.11. The fourth-order valence-electron chi connectivity index (χ4n) is 2.02. The quantitative estimate of drug-likeness (QED) is 0.334. The summed E-state index contributed by atoms with van der Waals surface area (Å²) >= 11 is 6.07. The van der Waals surface area contributed by atoms with Crippen LogP contribution in [0.2, 0.25) is 0 Å². The van der Waals surface area contributed by atoms with Gasteiger partial charge in [0.2, 0.25) is 5.13 Å². The molecule has 1 aromatic carbocycles. The molecule has 0 spiro atoms. The number of rotatable bonds is 6. The third-order valence-electron chi connectivity index (χ3n) is 3.33. The number of hydrogen-bond donors (Lipinski definition) is 1. The first kappa shape index (κ1) is 19.5. The van der Waals surface area contributed by atoms with Gasteiger partial charge in [-0.1, -0.05) is 35.2 Å². The zero-order valence-corrected chi connectivity index (χ0v) is 17.2. The number of methoxy groups -OCH3 is 1. The zero-order valence-electron chi connectivity index (χ0n) is 14.0. The van der Waals surface area contributed by atoms with Gasteiger partial charge in [0.1, 0.15) is 0 Å². The molecule has 138 valence electrons. The van der Waals surface area contributed by atoms with Crippen molar-refractivity contribution in [3.63, 3.8) is 0 Å². The average Bonchev–Trinajstić information content (AvgIpc) is 3.13. The number of pyridine rings is 1. The van der Waals surface area contributed by atoms with Gasteiger partial charge in [0.25, 0.3) is 5.91 Å². The molecule has 0 aliphatic rings. The number of carbonyl (C=O) groups is 2. The van der Waals surface area contributed by atoms with E-state index in [4.69, 9.17) is 0 Å². The van der Waals surface area contributed by atoms with Gasteiger partial charge in [0.05, 0.1) is 18.2 Å². The Hall–Kier alpha value is -2.30. The maximum atomic E-state index is 12.2. The van der Waals surface area contributed by atoms with Crippen LogP contribution in [0.3, 0.4) is 0 Å². The number of halogens is 1. The summed E-state index contributed by atoms with van der Waals surface area (Å²) in [6.07, 6.45) is 3.09. The van der Waals surface area contributed by atoms with Gasteiger partial charge in [-0.15, -0.1) is 10.2 Å². The van der Waals surface area contributed by atoms with E-state index in [1.807, 2.05) is 12.1 Å². The van der Waals surface area contributed by atoms with Crippen LogP contribution in [-0.2, 0) is 10.5 Å². The standard InChI is InChI=1S/C17H13BrN4O3S2/c1-25-15(24)11-4-2-10(3-5-11)9-26-17-22-21-16(27-17)20-14(23)12-6-13(18)8-19-7-12/h2-8H,9H2,1H3,(H,20,21,23). The van der Waals surface area contributed by atoms with E-state index in [9.17, 15) is 9.59 Å². The molecule has 0 unspecified atom stereocenters. The minimum absolute atomic E-state index is 0.296. The number of hydrogen-bond acceptors (Lipinski definition) is 8. The monoisotopic (exact) mass is 464 g/mol. The summed E-state index contributed by atoms with van der Waals surface area (Å²) in [6.45, 7) is 0. The van der Waals surface area contributed by atoms with E-state index in [1.165, 1.54) is 36.4 Å². The Morgan fingerprint density at radius 2 is 1.96 bits per heavy atom. The van der Waals surface area contributed by atoms with Gasteiger partial charge in [0.15, 0.2) is 4.34 Å². The molecular weight excluding hydrogens is 452 g/mol. The molecule has 0 saturated heterocycles. The lowest BCUT2D eigenvalue weighted by Gasteiger charge is -2.02. The minimum Gasteiger partial charge on any atom is -0.465 e. The molecule has 0 radical (unpaired) electrons. The molecule has 1 amide bonds. The zero-order chi connectivity index (χ0) is 19.2. The Balaban J connectivity index is 1.56. The molecule has 0 aliphatic heterocycles. The van der Waals surface area contributed by atoms with Crippen molar-refractivity contribution in [2.45, 2.75) is 10.1 Å². The van der Waals surface area contributed by atoms with E-state index in [2.05, 4.69) is 41.2 Å². The van der Waals surface area contributed by atoms with Crippen LogP contribution in [0.5, 0.6) is 0 Å². The summed E-state index contributed by atoms with van der Waals surface area (Å²) in [5.41, 5.74) is 1.97. The van der Waals surface area contributed by atoms with E-state index >= 15 is 0 Å². The number of aromatic nitrogens is 3. The number of anilines is 1. The topological polar surface area (TPSA) is 94.1 Å². The Bertz CT molecular complexity index is 963. The van der Waals surface area contributed by atoms with E-state index in [1.54, 1.807) is 24.4 Å². The normalized spacial score (nSPS) is 10.4. The highest BCUT2D eigenvalue weighted by atomic mass is 79.9. The first-order valence-electron chi connectivity index (χ1n) is 7.60. The predicted octanol–water partition coefficient (Wildman–Crippen LogP) is 4.03. The van der Waals surface area contributed by atoms with Crippen molar-refractivity contribution in [3.05, 3.63) is 63.9 Å². The summed E-state index contributed by atoms with van der Waals surface area (Å²) in [5, 5.41) is 11.2. The molecule has 0 atom stereocenters. The van der Waals surface area contributed by atoms with Gasteiger partial charge < -0.3 is 4.74 Å². The molecule has 10 heteroatoms. The molecule has 7 nitrogen and oxygen atoms in total. The van der Waals surface area contributed by atoms with Crippen molar-refractivity contribution in [1.29, 1.82) is 0 Å². The van der Waals surface area contributed by atoms with Gasteiger partial charge in [-0.05, 0) is 39.7 Å². The molecule has 0 bridgehead atoms. The summed E-state index contributed by atoms with van der Waals surface area (Å²) in [4.78, 5) is 27.6. The van der Waals surface area contributed by atoms with Crippen LogP contribution in [0, 0.1) is 0 Å². The molecule has 2 aromatic heterocycles. The van der Waals surface area contributed by atoms with Crippen molar-refractivity contribution in [2.24, 2.45) is 0 Å². The highest BCUT2D eigenvalue weighted by Gasteiger charge is 2.12. The third kappa shape index (κ3) is 5.34. The third-order valence-corrected chi connectivity index (χ3v) is 5.81. The molecule has 3 aromatic rings. The summed E-state index contributed by atoms with van der Waals surface area (Å²) in [6, 6.07) is 8.85. The molecule has 0 saturated carbocycles. The van der Waals surface area contributed by atoms with Gasteiger partial charge in [-0.2, -0.15) is 0 Å². The van der Waals surface area contributed by atoms with Gasteiger partial charge in [-0.3, -0.25) is 15.1 Å². The lowest BCUT2D eigenvalue weighted by atomic mass is 10.1. The largest absolute Gasteiger partial charge is 0.465 e. The van der Waals surface area contributed by atoms with Crippen LogP contribution in [0.15, 0.2) is 51.5 Å². The summed E-state index contributed by atoms with van der Waals surface area (Å²) in [7, 11) is 1.35. The second-order valence-electron chi connectivity index (χ2n) is 5.20. The van der Waals surface area contributed by atoms with Gasteiger partial charge >= 0.3 is 5.97 Å². The van der Waals surface area contributed by atoms with Crippen molar-refractivity contribution < 1.29 is 14.3 Å². The molecule has 0 fully saturated rings. The highest BCUT2D eigenvalue weighted by Crippen LogP contribution is 2.28. The number of ether oxygens (including phenoxy) is 1. The first-order valence-corrected chi connectivity index (χ1v) is 10.2. The van der Waals surface area contributed by atoms with Crippen molar-refractivity contribution in [1.82, 2.24) is 15.2 Å². The SMILES string of the molecule is COC(=O)c1ccc(CSc2nnc(NC(=O)c3cncc(Br)c3)s2)cc1. The molecule has 2 heterocycles. The Kier molecular flexibility index (Phi) is 6.54. The van der Waals surface area contributed by atoms with Crippen LogP contribution < -0.4 is 5.32 Å². The van der Waals surface area contributed by atoms with E-state index in [0.29, 0.717) is 22.0 Å². The van der Waals surface area contributed by atoms with Crippen LogP contribution in [0.1, 0.15) is 26.3 Å². The summed E-state index contributed by atoms with van der Waals surface area (Å²) in [5.74, 6) is 0.00816. The van der Waals surface area contributed by atoms with Crippen LogP contribution >= 0.6 is 39.0 Å². The second-order valence-corrected chi connectivity index (χ2v) is 8.31. The Morgan fingerprint density at radius 3 is 2.67 bits per heavy atom. The fraction of sp³-hybridized carbons (Fsp3) is 0.118. The second kappa shape index (κ2) is 9.07. The maximum absolute atomic E-state index is 12.2. The van der Waals surface area contributed by atoms with Crippen LogP contribution in [0.25, 0.3) is 0 Å². The van der Waals surface area contributed by atoms with Crippen molar-refractivity contribution in [2.75, 3.05) is 12.4 Å². The van der Waals surface area contributed by atoms with Crippen molar-refractivity contribution >= 4 is 56.0 Å². The van der Waals surface area contributed by atoms with Crippen LogP contribution in [0.4, 0.5) is 5.13 Å². The smallest absolute Gasteiger partial charge is 0.337 e. The molecule has 1 N–H and O–H groups in total. The van der Waals surface area contributed by atoms with E-state index < -0.39 is 0 Å². The summed E-state index contributed by atoms with van der Waals surface area (Å²) < 4.78 is 6.13. The minimum atomic E-state index is -0.362. The van der Waals surface area contributed by atoms with E-state index in [-0.39, 0.29) is 11.9 Å².